The minimum Gasteiger partial charge on any atom is -0.322 e. The molecule has 0 amide bonds. The van der Waals surface area contributed by atoms with Gasteiger partial charge in [-0.25, -0.2) is 15.0 Å². The largest absolute Gasteiger partial charge is 0.322 e. The Morgan fingerprint density at radius 3 is 2.53 bits per heavy atom. The molecule has 0 saturated heterocycles. The molecule has 80 valence electrons. The topological polar surface area (TPSA) is 64.7 Å². The molecule has 1 unspecified atom stereocenters. The molecular formula is C10H14N4S. The van der Waals surface area contributed by atoms with Gasteiger partial charge in [-0.1, -0.05) is 32.1 Å². The zero-order valence-electron chi connectivity index (χ0n) is 9.06. The summed E-state index contributed by atoms with van der Waals surface area (Å²) in [6, 6.07) is -0.0708. The molecule has 2 heterocycles. The molecule has 0 aliphatic carbocycles. The maximum atomic E-state index is 6.13. The summed E-state index contributed by atoms with van der Waals surface area (Å²) in [4.78, 5) is 13.6. The fraction of sp³-hybridized carbons (Fsp3) is 0.500. The predicted molar refractivity (Wildman–Crippen MR) is 61.6 cm³/mol. The number of nitrogens with two attached hydrogens (primary N) is 1. The Kier molecular flexibility index (Phi) is 2.44. The van der Waals surface area contributed by atoms with Gasteiger partial charge in [-0.05, 0) is 5.41 Å². The van der Waals surface area contributed by atoms with Gasteiger partial charge in [-0.3, -0.25) is 0 Å². The highest BCUT2D eigenvalue weighted by Gasteiger charge is 2.25. The van der Waals surface area contributed by atoms with Crippen LogP contribution in [-0.2, 0) is 0 Å². The monoisotopic (exact) mass is 222 g/mol. The Morgan fingerprint density at radius 2 is 1.93 bits per heavy atom. The number of fused-ring (bicyclic) bond motifs is 1. The van der Waals surface area contributed by atoms with Crippen molar-refractivity contribution >= 4 is 21.8 Å². The van der Waals surface area contributed by atoms with E-state index in [1.807, 2.05) is 0 Å². The van der Waals surface area contributed by atoms with E-state index in [2.05, 4.69) is 35.7 Å². The van der Waals surface area contributed by atoms with E-state index in [-0.39, 0.29) is 11.5 Å². The number of aromatic nitrogens is 3. The van der Waals surface area contributed by atoms with Gasteiger partial charge in [0.15, 0.2) is 10.5 Å². The highest BCUT2D eigenvalue weighted by Crippen LogP contribution is 2.33. The number of thiazole rings is 1. The second kappa shape index (κ2) is 3.50. The molecular weight excluding hydrogens is 208 g/mol. The Balaban J connectivity index is 2.45. The average Bonchev–Trinajstić information content (AvgIpc) is 2.58. The van der Waals surface area contributed by atoms with E-state index >= 15 is 0 Å². The first kappa shape index (κ1) is 10.4. The van der Waals surface area contributed by atoms with E-state index in [1.54, 1.807) is 12.4 Å². The Labute approximate surface area is 92.6 Å². The van der Waals surface area contributed by atoms with Crippen molar-refractivity contribution in [2.45, 2.75) is 26.8 Å². The maximum Gasteiger partial charge on any atom is 0.189 e. The van der Waals surface area contributed by atoms with Gasteiger partial charge in [-0.2, -0.15) is 0 Å². The molecule has 0 radical (unpaired) electrons. The number of rotatable bonds is 1. The molecule has 0 spiro atoms. The van der Waals surface area contributed by atoms with Gasteiger partial charge >= 0.3 is 0 Å². The second-order valence-corrected chi connectivity index (χ2v) is 5.59. The van der Waals surface area contributed by atoms with Crippen LogP contribution in [0.1, 0.15) is 31.8 Å². The number of hydrogen-bond acceptors (Lipinski definition) is 5. The van der Waals surface area contributed by atoms with Crippen molar-refractivity contribution < 1.29 is 0 Å². The fourth-order valence-electron chi connectivity index (χ4n) is 1.20. The summed E-state index contributed by atoms with van der Waals surface area (Å²) < 4.78 is 0. The van der Waals surface area contributed by atoms with Gasteiger partial charge in [0.1, 0.15) is 5.01 Å². The van der Waals surface area contributed by atoms with E-state index in [0.29, 0.717) is 5.65 Å². The third kappa shape index (κ3) is 1.98. The second-order valence-electron chi connectivity index (χ2n) is 4.58. The molecule has 2 N–H and O–H groups in total. The SMILES string of the molecule is CC(C)(C)C(N)c1nc2nccnc2s1. The molecule has 0 fully saturated rings. The van der Waals surface area contributed by atoms with Gasteiger partial charge in [-0.15, -0.1) is 0 Å². The van der Waals surface area contributed by atoms with Crippen LogP contribution in [0.25, 0.3) is 10.5 Å². The summed E-state index contributed by atoms with van der Waals surface area (Å²) in [6.07, 6.45) is 3.32. The molecule has 0 aliphatic heterocycles. The first-order valence-corrected chi connectivity index (χ1v) is 5.63. The lowest BCUT2D eigenvalue weighted by molar-refractivity contribution is 0.326. The number of hydrogen-bond donors (Lipinski definition) is 1. The number of nitrogens with zero attached hydrogens (tertiary/aromatic N) is 3. The van der Waals surface area contributed by atoms with Crippen molar-refractivity contribution in [2.24, 2.45) is 11.1 Å². The first-order valence-electron chi connectivity index (χ1n) is 4.81. The van der Waals surface area contributed by atoms with E-state index in [9.17, 15) is 0 Å². The molecule has 0 aliphatic rings. The van der Waals surface area contributed by atoms with Gasteiger partial charge in [0.2, 0.25) is 0 Å². The standard InChI is InChI=1S/C10H14N4S/c1-10(2,3)6(11)8-14-7-9(15-8)13-5-4-12-7/h4-6H,11H2,1-3H3. The van der Waals surface area contributed by atoms with Crippen LogP contribution in [0.3, 0.4) is 0 Å². The van der Waals surface area contributed by atoms with Crippen LogP contribution in [0.15, 0.2) is 12.4 Å². The van der Waals surface area contributed by atoms with Crippen molar-refractivity contribution in [1.29, 1.82) is 0 Å². The van der Waals surface area contributed by atoms with Gasteiger partial charge in [0.25, 0.3) is 0 Å². The predicted octanol–water partition coefficient (Wildman–Crippen LogP) is 2.13. The van der Waals surface area contributed by atoms with E-state index < -0.39 is 0 Å². The molecule has 5 heteroatoms. The van der Waals surface area contributed by atoms with Crippen LogP contribution in [-0.4, -0.2) is 15.0 Å². The van der Waals surface area contributed by atoms with Gasteiger partial charge in [0.05, 0.1) is 6.04 Å². The van der Waals surface area contributed by atoms with Crippen LogP contribution < -0.4 is 5.73 Å². The molecule has 0 saturated carbocycles. The molecule has 2 rings (SSSR count). The van der Waals surface area contributed by atoms with E-state index in [0.717, 1.165) is 9.84 Å². The van der Waals surface area contributed by atoms with Crippen LogP contribution in [0.4, 0.5) is 0 Å². The highest BCUT2D eigenvalue weighted by molar-refractivity contribution is 7.18. The smallest absolute Gasteiger partial charge is 0.189 e. The third-order valence-corrected chi connectivity index (χ3v) is 3.30. The Hall–Kier alpha value is -1.07. The van der Waals surface area contributed by atoms with Crippen molar-refractivity contribution in [1.82, 2.24) is 15.0 Å². The lowest BCUT2D eigenvalue weighted by Gasteiger charge is -2.24. The minimum absolute atomic E-state index is 0.00781. The van der Waals surface area contributed by atoms with Crippen LogP contribution in [0.2, 0.25) is 0 Å². The summed E-state index contributed by atoms with van der Waals surface area (Å²) in [5.41, 5.74) is 6.83. The van der Waals surface area contributed by atoms with Crippen LogP contribution in [0, 0.1) is 5.41 Å². The molecule has 2 aromatic heterocycles. The molecule has 0 bridgehead atoms. The normalized spacial score (nSPS) is 14.4. The average molecular weight is 222 g/mol. The van der Waals surface area contributed by atoms with Crippen molar-refractivity contribution in [2.75, 3.05) is 0 Å². The first-order chi connectivity index (χ1) is 6.98. The van der Waals surface area contributed by atoms with Crippen molar-refractivity contribution in [3.63, 3.8) is 0 Å². The minimum atomic E-state index is -0.0708. The Bertz CT molecular complexity index is 438. The molecule has 15 heavy (non-hydrogen) atoms. The van der Waals surface area contributed by atoms with Crippen LogP contribution in [0.5, 0.6) is 0 Å². The molecule has 1 atom stereocenters. The lowest BCUT2D eigenvalue weighted by Crippen LogP contribution is -2.25. The fourth-order valence-corrected chi connectivity index (χ4v) is 2.31. The van der Waals surface area contributed by atoms with Gasteiger partial charge < -0.3 is 5.73 Å². The summed E-state index contributed by atoms with van der Waals surface area (Å²) in [5.74, 6) is 0. The summed E-state index contributed by atoms with van der Waals surface area (Å²) in [6.45, 7) is 6.31. The zero-order valence-corrected chi connectivity index (χ0v) is 9.88. The summed E-state index contributed by atoms with van der Waals surface area (Å²) in [7, 11) is 0. The lowest BCUT2D eigenvalue weighted by atomic mass is 9.88. The quantitative estimate of drug-likeness (QED) is 0.802. The van der Waals surface area contributed by atoms with Gasteiger partial charge in [0, 0.05) is 12.4 Å². The van der Waals surface area contributed by atoms with Crippen molar-refractivity contribution in [3.05, 3.63) is 17.4 Å². The van der Waals surface area contributed by atoms with E-state index in [4.69, 9.17) is 5.73 Å². The third-order valence-electron chi connectivity index (χ3n) is 2.26. The van der Waals surface area contributed by atoms with E-state index in [1.165, 1.54) is 11.3 Å². The zero-order chi connectivity index (χ0) is 11.1. The summed E-state index contributed by atoms with van der Waals surface area (Å²) in [5, 5.41) is 0.906. The Morgan fingerprint density at radius 1 is 1.27 bits per heavy atom. The maximum absolute atomic E-state index is 6.13. The molecule has 4 nitrogen and oxygen atoms in total. The van der Waals surface area contributed by atoms with Crippen molar-refractivity contribution in [3.8, 4) is 0 Å². The van der Waals surface area contributed by atoms with Crippen LogP contribution >= 0.6 is 11.3 Å². The molecule has 2 aromatic rings. The summed E-state index contributed by atoms with van der Waals surface area (Å²) >= 11 is 1.52. The molecule has 0 aromatic carbocycles. The highest BCUT2D eigenvalue weighted by atomic mass is 32.1.